The highest BCUT2D eigenvalue weighted by molar-refractivity contribution is 8.34. The van der Waals surface area contributed by atoms with Crippen LogP contribution in [-0.4, -0.2) is 9.31 Å². The third kappa shape index (κ3) is 1.24. The zero-order valence-electron chi connectivity index (χ0n) is 7.69. The number of benzene rings is 2. The van der Waals surface area contributed by atoms with Gasteiger partial charge >= 0.3 is 0 Å². The summed E-state index contributed by atoms with van der Waals surface area (Å²) in [4.78, 5) is 11.8. The lowest BCUT2D eigenvalue weighted by molar-refractivity contribution is 0.109. The molecule has 1 aliphatic heterocycles. The molecule has 0 unspecified atom stereocenters. The molecule has 2 aromatic carbocycles. The van der Waals surface area contributed by atoms with E-state index < -0.39 is 0 Å². The first-order chi connectivity index (χ1) is 7.27. The summed E-state index contributed by atoms with van der Waals surface area (Å²) in [5, 5.41) is 2.15. The molecule has 0 radical (unpaired) electrons. The molecule has 0 N–H and O–H groups in total. The van der Waals surface area contributed by atoms with Crippen molar-refractivity contribution in [3.63, 3.8) is 0 Å². The van der Waals surface area contributed by atoms with Crippen molar-refractivity contribution >= 4 is 44.1 Å². The topological polar surface area (TPSA) is 17.1 Å². The van der Waals surface area contributed by atoms with Crippen molar-refractivity contribution in [2.24, 2.45) is 0 Å². The average molecular weight is 230 g/mol. The van der Waals surface area contributed by atoms with E-state index in [4.69, 9.17) is 12.2 Å². The highest BCUT2D eigenvalue weighted by Crippen LogP contribution is 2.34. The van der Waals surface area contributed by atoms with Crippen molar-refractivity contribution in [3.05, 3.63) is 47.5 Å². The fourth-order valence-electron chi connectivity index (χ4n) is 1.88. The molecule has 0 fully saturated rings. The van der Waals surface area contributed by atoms with Gasteiger partial charge in [-0.25, -0.2) is 0 Å². The molecule has 0 bridgehead atoms. The van der Waals surface area contributed by atoms with Crippen molar-refractivity contribution in [1.29, 1.82) is 0 Å². The maximum absolute atomic E-state index is 11.8. The van der Waals surface area contributed by atoms with E-state index in [1.54, 1.807) is 0 Å². The van der Waals surface area contributed by atoms with Gasteiger partial charge in [0.05, 0.1) is 4.20 Å². The van der Waals surface area contributed by atoms with Gasteiger partial charge in [-0.2, -0.15) is 0 Å². The van der Waals surface area contributed by atoms with E-state index in [0.29, 0.717) is 4.20 Å². The van der Waals surface area contributed by atoms with Crippen LogP contribution in [0.25, 0.3) is 10.8 Å². The predicted octanol–water partition coefficient (Wildman–Crippen LogP) is 3.40. The molecule has 0 aliphatic carbocycles. The third-order valence-corrected chi connectivity index (χ3v) is 3.81. The molecule has 15 heavy (non-hydrogen) atoms. The molecule has 3 heteroatoms. The van der Waals surface area contributed by atoms with Crippen LogP contribution in [-0.2, 0) is 0 Å². The van der Waals surface area contributed by atoms with Crippen LogP contribution in [0.4, 0.5) is 0 Å². The Morgan fingerprint density at radius 1 is 1.00 bits per heavy atom. The molecule has 1 heterocycles. The lowest BCUT2D eigenvalue weighted by Gasteiger charge is -2.15. The standard InChI is InChI=1S/C12H6OS2/c13-11-8-5-1-3-7-4-2-6-9(10(7)8)12(14)15-11/h1-6H. The Balaban J connectivity index is 2.56. The predicted molar refractivity (Wildman–Crippen MR) is 67.6 cm³/mol. The molecule has 72 valence electrons. The Labute approximate surface area is 96.5 Å². The molecule has 0 amide bonds. The van der Waals surface area contributed by atoms with Gasteiger partial charge in [0.1, 0.15) is 0 Å². The molecule has 0 spiro atoms. The summed E-state index contributed by atoms with van der Waals surface area (Å²) in [6.07, 6.45) is 0. The van der Waals surface area contributed by atoms with Crippen LogP contribution in [0.3, 0.4) is 0 Å². The Kier molecular flexibility index (Phi) is 1.90. The second-order valence-corrected chi connectivity index (χ2v) is 5.04. The number of thioether (sulfide) groups is 1. The first-order valence-corrected chi connectivity index (χ1v) is 5.78. The number of hydrogen-bond donors (Lipinski definition) is 0. The average Bonchev–Trinajstić information content (AvgIpc) is 2.25. The first kappa shape index (κ1) is 9.07. The second kappa shape index (κ2) is 3.15. The summed E-state index contributed by atoms with van der Waals surface area (Å²) in [6, 6.07) is 11.7. The number of hydrogen-bond acceptors (Lipinski definition) is 3. The van der Waals surface area contributed by atoms with E-state index in [2.05, 4.69) is 0 Å². The summed E-state index contributed by atoms with van der Waals surface area (Å²) in [6.45, 7) is 0. The summed E-state index contributed by atoms with van der Waals surface area (Å²) < 4.78 is 0.685. The molecule has 0 aromatic heterocycles. The first-order valence-electron chi connectivity index (χ1n) is 4.55. The summed E-state index contributed by atoms with van der Waals surface area (Å²) in [7, 11) is 0. The van der Waals surface area contributed by atoms with Crippen LogP contribution in [0.2, 0.25) is 0 Å². The minimum absolute atomic E-state index is 0.0595. The highest BCUT2D eigenvalue weighted by atomic mass is 32.2. The van der Waals surface area contributed by atoms with Gasteiger partial charge in [-0.1, -0.05) is 42.5 Å². The largest absolute Gasteiger partial charge is 0.281 e. The molecular weight excluding hydrogens is 224 g/mol. The monoisotopic (exact) mass is 230 g/mol. The van der Waals surface area contributed by atoms with Gasteiger partial charge in [0.25, 0.3) is 0 Å². The SMILES string of the molecule is O=C1SC(=S)c2cccc3cccc1c23. The van der Waals surface area contributed by atoms with Crippen LogP contribution >= 0.6 is 24.0 Å². The van der Waals surface area contributed by atoms with Crippen molar-refractivity contribution in [2.75, 3.05) is 0 Å². The van der Waals surface area contributed by atoms with Gasteiger partial charge in [0, 0.05) is 16.5 Å². The summed E-state index contributed by atoms with van der Waals surface area (Å²) in [5.74, 6) is 0. The Bertz CT molecular complexity index is 553. The van der Waals surface area contributed by atoms with E-state index in [-0.39, 0.29) is 5.12 Å². The molecule has 3 rings (SSSR count). The molecule has 1 nitrogen and oxygen atoms in total. The molecule has 0 saturated carbocycles. The Morgan fingerprint density at radius 3 is 2.40 bits per heavy atom. The van der Waals surface area contributed by atoms with Gasteiger partial charge in [0.15, 0.2) is 0 Å². The van der Waals surface area contributed by atoms with E-state index in [1.807, 2.05) is 36.4 Å². The number of carbonyl (C=O) groups excluding carboxylic acids is 1. The van der Waals surface area contributed by atoms with Crippen LogP contribution in [0, 0.1) is 0 Å². The zero-order valence-corrected chi connectivity index (χ0v) is 9.32. The minimum atomic E-state index is 0.0595. The van der Waals surface area contributed by atoms with Gasteiger partial charge in [-0.05, 0) is 23.2 Å². The Morgan fingerprint density at radius 2 is 1.67 bits per heavy atom. The van der Waals surface area contributed by atoms with Crippen molar-refractivity contribution < 1.29 is 4.79 Å². The van der Waals surface area contributed by atoms with Crippen LogP contribution < -0.4 is 0 Å². The van der Waals surface area contributed by atoms with Gasteiger partial charge in [-0.3, -0.25) is 4.79 Å². The van der Waals surface area contributed by atoms with Gasteiger partial charge in [-0.15, -0.1) is 0 Å². The number of rotatable bonds is 0. The van der Waals surface area contributed by atoms with Crippen LogP contribution in [0.15, 0.2) is 36.4 Å². The quantitative estimate of drug-likeness (QED) is 0.646. The fourth-order valence-corrected chi connectivity index (χ4v) is 3.00. The normalized spacial score (nSPS) is 14.7. The van der Waals surface area contributed by atoms with Crippen molar-refractivity contribution in [1.82, 2.24) is 0 Å². The lowest BCUT2D eigenvalue weighted by Crippen LogP contribution is -2.08. The molecule has 1 aliphatic rings. The number of thiocarbonyl (C=S) groups is 1. The fraction of sp³-hybridized carbons (Fsp3) is 0. The Hall–Kier alpha value is -1.19. The molecule has 0 saturated heterocycles. The van der Waals surface area contributed by atoms with E-state index in [1.165, 1.54) is 0 Å². The van der Waals surface area contributed by atoms with Crippen molar-refractivity contribution in [2.45, 2.75) is 0 Å². The molecule has 0 atom stereocenters. The summed E-state index contributed by atoms with van der Waals surface area (Å²) in [5.41, 5.74) is 1.80. The second-order valence-electron chi connectivity index (χ2n) is 3.39. The molecular formula is C12H6OS2. The minimum Gasteiger partial charge on any atom is -0.281 e. The third-order valence-electron chi connectivity index (χ3n) is 2.53. The lowest BCUT2D eigenvalue weighted by atomic mass is 10.0. The smallest absolute Gasteiger partial charge is 0.225 e. The van der Waals surface area contributed by atoms with Crippen LogP contribution in [0.5, 0.6) is 0 Å². The van der Waals surface area contributed by atoms with E-state index in [9.17, 15) is 4.79 Å². The van der Waals surface area contributed by atoms with Gasteiger partial charge < -0.3 is 0 Å². The highest BCUT2D eigenvalue weighted by Gasteiger charge is 2.22. The van der Waals surface area contributed by atoms with Crippen molar-refractivity contribution in [3.8, 4) is 0 Å². The maximum atomic E-state index is 11.8. The molecule has 2 aromatic rings. The maximum Gasteiger partial charge on any atom is 0.225 e. The van der Waals surface area contributed by atoms with Crippen LogP contribution in [0.1, 0.15) is 15.9 Å². The zero-order chi connectivity index (χ0) is 10.4. The number of carbonyl (C=O) groups is 1. The van der Waals surface area contributed by atoms with E-state index in [0.717, 1.165) is 33.7 Å². The van der Waals surface area contributed by atoms with E-state index >= 15 is 0 Å². The summed E-state index contributed by atoms with van der Waals surface area (Å²) >= 11 is 6.36. The van der Waals surface area contributed by atoms with Gasteiger partial charge in [0.2, 0.25) is 5.12 Å².